The van der Waals surface area contributed by atoms with Crippen molar-refractivity contribution in [2.45, 2.75) is 26.8 Å². The van der Waals surface area contributed by atoms with Crippen LogP contribution in [0.5, 0.6) is 0 Å². The van der Waals surface area contributed by atoms with Crippen LogP contribution < -0.4 is 16.1 Å². The molecule has 1 fully saturated rings. The van der Waals surface area contributed by atoms with Crippen molar-refractivity contribution in [3.8, 4) is 0 Å². The Balaban J connectivity index is 2.24. The summed E-state index contributed by atoms with van der Waals surface area (Å²) < 4.78 is 10.00. The highest BCUT2D eigenvalue weighted by atomic mass is 16.5. The maximum atomic E-state index is 12.7. The Morgan fingerprint density at radius 3 is 2.42 bits per heavy atom. The number of nitrogens with zero attached hydrogens (tertiary/aromatic N) is 5. The molecule has 0 bridgehead atoms. The molecule has 2 aromatic rings. The molecule has 0 aromatic carbocycles. The summed E-state index contributed by atoms with van der Waals surface area (Å²) in [5.74, 6) is 1.27. The van der Waals surface area contributed by atoms with Crippen molar-refractivity contribution in [2.24, 2.45) is 20.0 Å². The minimum Gasteiger partial charge on any atom is -0.378 e. The molecule has 0 radical (unpaired) electrons. The molecule has 3 rings (SSSR count). The van der Waals surface area contributed by atoms with Crippen molar-refractivity contribution in [3.05, 3.63) is 20.8 Å². The van der Waals surface area contributed by atoms with Crippen molar-refractivity contribution in [3.63, 3.8) is 0 Å². The lowest BCUT2D eigenvalue weighted by Gasteiger charge is -2.28. The monoisotopic (exact) mass is 335 g/mol. The molecule has 0 unspecified atom stereocenters. The Hall–Kier alpha value is -2.09. The van der Waals surface area contributed by atoms with Crippen molar-refractivity contribution in [1.82, 2.24) is 18.7 Å². The third kappa shape index (κ3) is 2.75. The van der Waals surface area contributed by atoms with Gasteiger partial charge in [0.05, 0.1) is 13.2 Å². The quantitative estimate of drug-likeness (QED) is 0.804. The van der Waals surface area contributed by atoms with Gasteiger partial charge in [0.2, 0.25) is 5.95 Å². The fourth-order valence-corrected chi connectivity index (χ4v) is 3.04. The van der Waals surface area contributed by atoms with E-state index in [0.717, 1.165) is 30.0 Å². The van der Waals surface area contributed by atoms with E-state index in [4.69, 9.17) is 4.74 Å². The molecule has 0 amide bonds. The molecule has 132 valence electrons. The first-order chi connectivity index (χ1) is 11.4. The van der Waals surface area contributed by atoms with Gasteiger partial charge in [-0.05, 0) is 12.3 Å². The summed E-state index contributed by atoms with van der Waals surface area (Å²) in [6.45, 7) is 7.77. The summed E-state index contributed by atoms with van der Waals surface area (Å²) in [6.07, 6.45) is 0.939. The van der Waals surface area contributed by atoms with E-state index in [9.17, 15) is 9.59 Å². The van der Waals surface area contributed by atoms with E-state index in [-0.39, 0.29) is 11.2 Å². The van der Waals surface area contributed by atoms with Gasteiger partial charge >= 0.3 is 5.69 Å². The highest BCUT2D eigenvalue weighted by molar-refractivity contribution is 5.74. The maximum Gasteiger partial charge on any atom is 0.332 e. The summed E-state index contributed by atoms with van der Waals surface area (Å²) >= 11 is 0. The normalized spacial score (nSPS) is 15.6. The standard InChI is InChI=1S/C16H25N5O3/c1-11(2)5-6-21-12-13(18(3)16(23)19(4)14(12)22)17-15(21)20-7-9-24-10-8-20/h11H,5-10H2,1-4H3. The number of imidazole rings is 1. The van der Waals surface area contributed by atoms with Gasteiger partial charge in [0, 0.05) is 33.7 Å². The van der Waals surface area contributed by atoms with Gasteiger partial charge in [-0.2, -0.15) is 4.98 Å². The number of fused-ring (bicyclic) bond motifs is 1. The van der Waals surface area contributed by atoms with Crippen LogP contribution in [0.3, 0.4) is 0 Å². The zero-order valence-corrected chi connectivity index (χ0v) is 14.8. The number of aryl methyl sites for hydroxylation is 2. The largest absolute Gasteiger partial charge is 0.378 e. The molecule has 24 heavy (non-hydrogen) atoms. The van der Waals surface area contributed by atoms with Crippen LogP contribution in [0.4, 0.5) is 5.95 Å². The Morgan fingerprint density at radius 1 is 1.12 bits per heavy atom. The van der Waals surface area contributed by atoms with Crippen LogP contribution in [0.1, 0.15) is 20.3 Å². The molecular weight excluding hydrogens is 310 g/mol. The number of ether oxygens (including phenoxy) is 1. The second-order valence-corrected chi connectivity index (χ2v) is 6.72. The Kier molecular flexibility index (Phi) is 4.49. The van der Waals surface area contributed by atoms with Crippen LogP contribution in [0.25, 0.3) is 11.2 Å². The third-order valence-electron chi connectivity index (χ3n) is 4.55. The van der Waals surface area contributed by atoms with Crippen LogP contribution in [-0.4, -0.2) is 45.0 Å². The Morgan fingerprint density at radius 2 is 1.79 bits per heavy atom. The van der Waals surface area contributed by atoms with Gasteiger partial charge in [-0.25, -0.2) is 4.79 Å². The smallest absolute Gasteiger partial charge is 0.332 e. The van der Waals surface area contributed by atoms with Crippen LogP contribution in [0.15, 0.2) is 9.59 Å². The van der Waals surface area contributed by atoms with Crippen molar-refractivity contribution < 1.29 is 4.74 Å². The Labute approximate surface area is 140 Å². The van der Waals surface area contributed by atoms with E-state index < -0.39 is 0 Å². The molecule has 0 aliphatic carbocycles. The average molecular weight is 335 g/mol. The van der Waals surface area contributed by atoms with E-state index in [1.54, 1.807) is 7.05 Å². The molecule has 2 aromatic heterocycles. The predicted octanol–water partition coefficient (Wildman–Crippen LogP) is 0.316. The number of morpholine rings is 1. The topological polar surface area (TPSA) is 74.3 Å². The number of aromatic nitrogens is 4. The van der Waals surface area contributed by atoms with Gasteiger partial charge in [-0.15, -0.1) is 0 Å². The fraction of sp³-hybridized carbons (Fsp3) is 0.688. The van der Waals surface area contributed by atoms with Gasteiger partial charge in [0.25, 0.3) is 5.56 Å². The van der Waals surface area contributed by atoms with Crippen LogP contribution in [0, 0.1) is 5.92 Å². The summed E-state index contributed by atoms with van der Waals surface area (Å²) in [5.41, 5.74) is 0.313. The molecule has 1 saturated heterocycles. The zero-order chi connectivity index (χ0) is 17.4. The summed E-state index contributed by atoms with van der Waals surface area (Å²) in [7, 11) is 3.17. The second-order valence-electron chi connectivity index (χ2n) is 6.72. The lowest BCUT2D eigenvalue weighted by Crippen LogP contribution is -2.38. The first-order valence-electron chi connectivity index (χ1n) is 8.40. The number of rotatable bonds is 4. The minimum absolute atomic E-state index is 0.288. The van der Waals surface area contributed by atoms with E-state index in [0.29, 0.717) is 36.8 Å². The van der Waals surface area contributed by atoms with E-state index in [2.05, 4.69) is 23.7 Å². The molecule has 0 N–H and O–H groups in total. The molecule has 0 saturated carbocycles. The lowest BCUT2D eigenvalue weighted by molar-refractivity contribution is 0.121. The van der Waals surface area contributed by atoms with E-state index >= 15 is 0 Å². The maximum absolute atomic E-state index is 12.7. The highest BCUT2D eigenvalue weighted by Crippen LogP contribution is 2.22. The zero-order valence-electron chi connectivity index (χ0n) is 14.8. The molecule has 8 nitrogen and oxygen atoms in total. The van der Waals surface area contributed by atoms with E-state index in [1.807, 2.05) is 4.57 Å². The summed E-state index contributed by atoms with van der Waals surface area (Å²) in [4.78, 5) is 31.7. The van der Waals surface area contributed by atoms with Gasteiger partial charge in [0.15, 0.2) is 11.2 Å². The molecule has 3 heterocycles. The van der Waals surface area contributed by atoms with E-state index in [1.165, 1.54) is 11.6 Å². The third-order valence-corrected chi connectivity index (χ3v) is 4.55. The SMILES string of the molecule is CC(C)CCn1c(N2CCOCC2)nc2c1c(=O)n(C)c(=O)n2C. The van der Waals surface area contributed by atoms with Crippen LogP contribution in [-0.2, 0) is 25.4 Å². The first-order valence-corrected chi connectivity index (χ1v) is 8.40. The molecule has 8 heteroatoms. The van der Waals surface area contributed by atoms with Crippen molar-refractivity contribution in [2.75, 3.05) is 31.2 Å². The lowest BCUT2D eigenvalue weighted by atomic mass is 10.1. The van der Waals surface area contributed by atoms with Gasteiger partial charge in [-0.3, -0.25) is 13.9 Å². The van der Waals surface area contributed by atoms with Crippen LogP contribution in [0.2, 0.25) is 0 Å². The highest BCUT2D eigenvalue weighted by Gasteiger charge is 2.23. The average Bonchev–Trinajstić information content (AvgIpc) is 2.96. The van der Waals surface area contributed by atoms with Crippen LogP contribution >= 0.6 is 0 Å². The van der Waals surface area contributed by atoms with Gasteiger partial charge < -0.3 is 14.2 Å². The summed E-state index contributed by atoms with van der Waals surface area (Å²) in [5, 5.41) is 0. The van der Waals surface area contributed by atoms with Gasteiger partial charge in [-0.1, -0.05) is 13.8 Å². The molecule has 1 aliphatic rings. The molecule has 0 atom stereocenters. The van der Waals surface area contributed by atoms with Crippen molar-refractivity contribution in [1.29, 1.82) is 0 Å². The number of hydrogen-bond acceptors (Lipinski definition) is 5. The minimum atomic E-state index is -0.352. The fourth-order valence-electron chi connectivity index (χ4n) is 3.04. The first kappa shape index (κ1) is 16.8. The van der Waals surface area contributed by atoms with Crippen molar-refractivity contribution >= 4 is 17.1 Å². The number of hydrogen-bond donors (Lipinski definition) is 0. The molecule has 1 aliphatic heterocycles. The predicted molar refractivity (Wildman–Crippen MR) is 92.7 cm³/mol. The summed E-state index contributed by atoms with van der Waals surface area (Å²) in [6, 6.07) is 0. The van der Waals surface area contributed by atoms with Gasteiger partial charge in [0.1, 0.15) is 0 Å². The number of anilines is 1. The second kappa shape index (κ2) is 6.43. The Bertz CT molecular complexity index is 855. The molecule has 0 spiro atoms. The molecular formula is C16H25N5O3.